The van der Waals surface area contributed by atoms with E-state index in [-0.39, 0.29) is 11.1 Å². The van der Waals surface area contributed by atoms with Crippen LogP contribution in [0, 0.1) is 0 Å². The number of aliphatic hydroxyl groups excluding tert-OH is 1. The smallest absolute Gasteiger partial charge is 0.417 e. The minimum Gasteiger partial charge on any atom is -0.504 e. The maximum atomic E-state index is 12.7. The Morgan fingerprint density at radius 2 is 1.23 bits per heavy atom. The average Bonchev–Trinajstić information content (AvgIpc) is 2.96. The third-order valence-electron chi connectivity index (χ3n) is 6.21. The molecule has 0 aromatic heterocycles. The number of rotatable bonds is 8. The number of ether oxygens (including phenoxy) is 4. The highest BCUT2D eigenvalue weighted by Gasteiger charge is 2.56. The van der Waals surface area contributed by atoms with Gasteiger partial charge in [0.2, 0.25) is 5.60 Å². The third-order valence-corrected chi connectivity index (χ3v) is 6.21. The number of methoxy groups -OCH3 is 1. The first-order valence-electron chi connectivity index (χ1n) is 12.3. The second-order valence-corrected chi connectivity index (χ2v) is 9.19. The predicted octanol–water partition coefficient (Wildman–Crippen LogP) is 0.753. The lowest BCUT2D eigenvalue weighted by molar-refractivity contribution is -0.214. The second kappa shape index (κ2) is 13.4. The van der Waals surface area contributed by atoms with Gasteiger partial charge >= 0.3 is 29.8 Å². The average molecular weight is 603 g/mol. The van der Waals surface area contributed by atoms with E-state index in [9.17, 15) is 54.6 Å². The summed E-state index contributed by atoms with van der Waals surface area (Å²) >= 11 is 0. The Morgan fingerprint density at radius 3 is 1.70 bits per heavy atom. The van der Waals surface area contributed by atoms with Crippen molar-refractivity contribution in [3.8, 4) is 23.0 Å². The molecular formula is C28H26O15. The van der Waals surface area contributed by atoms with Crippen molar-refractivity contribution in [3.63, 3.8) is 0 Å². The summed E-state index contributed by atoms with van der Waals surface area (Å²) in [7, 11) is 0.870. The van der Waals surface area contributed by atoms with Crippen LogP contribution in [0.15, 0.2) is 48.6 Å². The molecule has 0 heterocycles. The molecule has 0 amide bonds. The molecule has 1 saturated carbocycles. The zero-order valence-electron chi connectivity index (χ0n) is 22.3. The van der Waals surface area contributed by atoms with Crippen molar-refractivity contribution >= 4 is 42.0 Å². The summed E-state index contributed by atoms with van der Waals surface area (Å²) in [5.41, 5.74) is -2.07. The number of hydrogen-bond acceptors (Lipinski definition) is 14. The van der Waals surface area contributed by atoms with Crippen molar-refractivity contribution in [1.82, 2.24) is 0 Å². The lowest BCUT2D eigenvalue weighted by atomic mass is 9.79. The first-order valence-corrected chi connectivity index (χ1v) is 12.3. The van der Waals surface area contributed by atoms with Gasteiger partial charge in [0.1, 0.15) is 18.3 Å². The highest BCUT2D eigenvalue weighted by Crippen LogP contribution is 2.37. The molecule has 0 spiro atoms. The zero-order chi connectivity index (χ0) is 31.9. The van der Waals surface area contributed by atoms with Gasteiger partial charge in [-0.05, 0) is 47.5 Å². The number of aliphatic hydroxyl groups is 1. The summed E-state index contributed by atoms with van der Waals surface area (Å²) in [4.78, 5) is 61.3. The SMILES string of the molecule is COC(=O)C(=O)O[C@@H]1C[C@](OC(=O)/C=C/c2ccc(O)c(O)c2)(C(=O)O)C[C@@H](OC(=O)/C=C/c2ccc(O)c(O)c2)[C@H]1O. The van der Waals surface area contributed by atoms with E-state index < -0.39 is 89.6 Å². The van der Waals surface area contributed by atoms with Crippen molar-refractivity contribution in [1.29, 1.82) is 0 Å². The van der Waals surface area contributed by atoms with Crippen LogP contribution < -0.4 is 0 Å². The Hall–Kier alpha value is -5.57. The van der Waals surface area contributed by atoms with Crippen molar-refractivity contribution < 1.29 is 73.6 Å². The molecule has 0 radical (unpaired) electrons. The number of hydrogen-bond donors (Lipinski definition) is 6. The molecule has 1 aliphatic carbocycles. The highest BCUT2D eigenvalue weighted by atomic mass is 16.6. The normalized spacial score (nSPS) is 21.7. The van der Waals surface area contributed by atoms with Crippen LogP contribution in [0.1, 0.15) is 24.0 Å². The maximum Gasteiger partial charge on any atom is 0.417 e. The number of benzene rings is 2. The van der Waals surface area contributed by atoms with Gasteiger partial charge in [0.25, 0.3) is 0 Å². The van der Waals surface area contributed by atoms with Crippen molar-refractivity contribution in [2.24, 2.45) is 0 Å². The summed E-state index contributed by atoms with van der Waals surface area (Å²) in [5, 5.41) is 58.9. The lowest BCUT2D eigenvalue weighted by Crippen LogP contribution is -2.60. The van der Waals surface area contributed by atoms with E-state index in [1.165, 1.54) is 18.2 Å². The monoisotopic (exact) mass is 602 g/mol. The molecule has 15 heteroatoms. The maximum absolute atomic E-state index is 12.7. The fraction of sp³-hybridized carbons (Fsp3) is 0.250. The van der Waals surface area contributed by atoms with Gasteiger partial charge in [-0.2, -0.15) is 0 Å². The van der Waals surface area contributed by atoms with Gasteiger partial charge in [-0.25, -0.2) is 24.0 Å². The van der Waals surface area contributed by atoms with Gasteiger partial charge in [0.15, 0.2) is 23.0 Å². The van der Waals surface area contributed by atoms with Crippen LogP contribution in [-0.2, 0) is 42.9 Å². The number of phenols is 4. The van der Waals surface area contributed by atoms with Crippen LogP contribution in [0.5, 0.6) is 23.0 Å². The minimum absolute atomic E-state index is 0.223. The number of esters is 4. The predicted molar refractivity (Wildman–Crippen MR) is 141 cm³/mol. The molecule has 0 unspecified atom stereocenters. The van der Waals surface area contributed by atoms with Crippen molar-refractivity contribution in [3.05, 3.63) is 59.7 Å². The second-order valence-electron chi connectivity index (χ2n) is 9.19. The van der Waals surface area contributed by atoms with E-state index in [2.05, 4.69) is 4.74 Å². The Balaban J connectivity index is 1.87. The summed E-state index contributed by atoms with van der Waals surface area (Å²) in [6.07, 6.45) is -3.19. The highest BCUT2D eigenvalue weighted by molar-refractivity contribution is 6.29. The lowest BCUT2D eigenvalue weighted by Gasteiger charge is -2.42. The zero-order valence-corrected chi connectivity index (χ0v) is 22.3. The molecule has 4 atom stereocenters. The quantitative estimate of drug-likeness (QED) is 0.0803. The van der Waals surface area contributed by atoms with Crippen LogP contribution in [-0.4, -0.2) is 91.5 Å². The molecule has 0 saturated heterocycles. The Kier molecular flexibility index (Phi) is 9.95. The van der Waals surface area contributed by atoms with Crippen LogP contribution in [0.3, 0.4) is 0 Å². The van der Waals surface area contributed by atoms with Crippen LogP contribution in [0.2, 0.25) is 0 Å². The molecule has 1 fully saturated rings. The van der Waals surface area contributed by atoms with E-state index in [1.807, 2.05) is 0 Å². The van der Waals surface area contributed by atoms with Crippen molar-refractivity contribution in [2.75, 3.05) is 7.11 Å². The van der Waals surface area contributed by atoms with Gasteiger partial charge in [0, 0.05) is 25.0 Å². The molecule has 2 aromatic rings. The van der Waals surface area contributed by atoms with E-state index in [1.54, 1.807) is 0 Å². The molecule has 228 valence electrons. The fourth-order valence-corrected chi connectivity index (χ4v) is 4.04. The van der Waals surface area contributed by atoms with E-state index in [0.29, 0.717) is 0 Å². The molecule has 0 bridgehead atoms. The first kappa shape index (κ1) is 32.0. The van der Waals surface area contributed by atoms with Crippen LogP contribution in [0.25, 0.3) is 12.2 Å². The van der Waals surface area contributed by atoms with Gasteiger partial charge in [-0.3, -0.25) is 0 Å². The largest absolute Gasteiger partial charge is 0.504 e. The van der Waals surface area contributed by atoms with Crippen LogP contribution >= 0.6 is 0 Å². The molecule has 43 heavy (non-hydrogen) atoms. The summed E-state index contributed by atoms with van der Waals surface area (Å²) in [5.74, 6) is -9.02. The summed E-state index contributed by atoms with van der Waals surface area (Å²) in [6.45, 7) is 0. The Morgan fingerprint density at radius 1 is 0.744 bits per heavy atom. The first-order chi connectivity index (χ1) is 20.2. The molecular weight excluding hydrogens is 576 g/mol. The number of phenolic OH excluding ortho intramolecular Hbond substituents is 4. The van der Waals surface area contributed by atoms with Crippen molar-refractivity contribution in [2.45, 2.75) is 36.8 Å². The molecule has 2 aromatic carbocycles. The third kappa shape index (κ3) is 8.01. The Bertz CT molecular complexity index is 1480. The van der Waals surface area contributed by atoms with Gasteiger partial charge in [-0.1, -0.05) is 12.1 Å². The van der Waals surface area contributed by atoms with E-state index in [4.69, 9.17) is 14.2 Å². The minimum atomic E-state index is -2.55. The number of carbonyl (C=O) groups excluding carboxylic acids is 4. The topological polar surface area (TPSA) is 244 Å². The molecule has 15 nitrogen and oxygen atoms in total. The van der Waals surface area contributed by atoms with Gasteiger partial charge in [-0.15, -0.1) is 0 Å². The summed E-state index contributed by atoms with van der Waals surface area (Å²) in [6, 6.07) is 7.19. The van der Waals surface area contributed by atoms with Gasteiger partial charge < -0.3 is 49.6 Å². The van der Waals surface area contributed by atoms with Gasteiger partial charge in [0.05, 0.1) is 7.11 Å². The molecule has 3 rings (SSSR count). The number of carbonyl (C=O) groups is 5. The van der Waals surface area contributed by atoms with E-state index in [0.717, 1.165) is 49.6 Å². The number of aromatic hydroxyl groups is 4. The molecule has 6 N–H and O–H groups in total. The number of aliphatic carboxylic acids is 1. The van der Waals surface area contributed by atoms with E-state index >= 15 is 0 Å². The van der Waals surface area contributed by atoms with Crippen LogP contribution in [0.4, 0.5) is 0 Å². The number of carboxylic acids is 1. The summed E-state index contributed by atoms with van der Waals surface area (Å²) < 4.78 is 19.6. The standard InChI is InChI=1S/C28H26O15/c1-40-25(36)26(37)42-21-13-28(27(38)39,43-23(34)9-5-15-3-7-17(30)19(32)11-15)12-20(24(21)35)41-22(33)8-4-14-2-6-16(29)18(31)10-14/h2-11,20-21,24,29-32,35H,12-13H2,1H3,(H,38,39)/b8-4+,9-5+/t20-,21-,24-,28+/m1/s1. The number of carboxylic acid groups (broad SMARTS) is 1. The fourth-order valence-electron chi connectivity index (χ4n) is 4.04. The Labute approximate surface area is 242 Å². The molecule has 1 aliphatic rings. The molecule has 0 aliphatic heterocycles.